The third-order valence-corrected chi connectivity index (χ3v) is 1.45. The van der Waals surface area contributed by atoms with Gasteiger partial charge >= 0.3 is 8.60 Å². The molecule has 0 spiro atoms. The average Bonchev–Trinajstić information content (AvgIpc) is 2.06. The molecule has 0 atom stereocenters. The second kappa shape index (κ2) is 12.9. The van der Waals surface area contributed by atoms with E-state index in [0.29, 0.717) is 6.61 Å². The maximum absolute atomic E-state index is 8.29. The molecule has 0 saturated heterocycles. The van der Waals surface area contributed by atoms with Crippen LogP contribution in [0.4, 0.5) is 0 Å². The smallest absolute Gasteiger partial charge is 0.329 e. The first-order valence-corrected chi connectivity index (χ1v) is 4.54. The second-order valence-electron chi connectivity index (χ2n) is 1.68. The van der Waals surface area contributed by atoms with Crippen molar-refractivity contribution in [3.05, 3.63) is 0 Å². The SMILES string of the molecule is CCCCO.COP(O)OC. The van der Waals surface area contributed by atoms with E-state index >= 15 is 0 Å². The van der Waals surface area contributed by atoms with Gasteiger partial charge in [0.15, 0.2) is 0 Å². The fourth-order valence-corrected chi connectivity index (χ4v) is 0.382. The van der Waals surface area contributed by atoms with Crippen molar-refractivity contribution in [3.8, 4) is 0 Å². The van der Waals surface area contributed by atoms with E-state index in [-0.39, 0.29) is 0 Å². The van der Waals surface area contributed by atoms with Crippen LogP contribution >= 0.6 is 8.60 Å². The van der Waals surface area contributed by atoms with Gasteiger partial charge < -0.3 is 19.0 Å². The van der Waals surface area contributed by atoms with Gasteiger partial charge in [-0.05, 0) is 6.42 Å². The number of rotatable bonds is 4. The van der Waals surface area contributed by atoms with Gasteiger partial charge in [-0.3, -0.25) is 0 Å². The molecule has 0 aliphatic heterocycles. The molecule has 0 unspecified atom stereocenters. The van der Waals surface area contributed by atoms with Crippen LogP contribution in [0.25, 0.3) is 0 Å². The Balaban J connectivity index is 0. The van der Waals surface area contributed by atoms with Crippen LogP contribution in [-0.4, -0.2) is 30.8 Å². The number of aliphatic hydroxyl groups is 1. The van der Waals surface area contributed by atoms with Crippen molar-refractivity contribution < 1.29 is 19.0 Å². The summed E-state index contributed by atoms with van der Waals surface area (Å²) >= 11 is 0. The molecule has 0 aromatic carbocycles. The van der Waals surface area contributed by atoms with Crippen molar-refractivity contribution in [2.45, 2.75) is 19.8 Å². The molecule has 0 aromatic heterocycles. The highest BCUT2D eigenvalue weighted by Gasteiger charge is 1.94. The summed E-state index contributed by atoms with van der Waals surface area (Å²) in [6.07, 6.45) is 2.04. The lowest BCUT2D eigenvalue weighted by Gasteiger charge is -1.98. The number of hydrogen-bond acceptors (Lipinski definition) is 4. The molecule has 11 heavy (non-hydrogen) atoms. The number of hydrogen-bond donors (Lipinski definition) is 2. The molecule has 0 saturated carbocycles. The van der Waals surface area contributed by atoms with E-state index in [0.717, 1.165) is 12.8 Å². The van der Waals surface area contributed by atoms with Gasteiger partial charge in [-0.2, -0.15) is 0 Å². The zero-order valence-electron chi connectivity index (χ0n) is 7.28. The molecule has 0 aliphatic rings. The highest BCUT2D eigenvalue weighted by molar-refractivity contribution is 7.40. The van der Waals surface area contributed by atoms with Crippen molar-refractivity contribution in [1.82, 2.24) is 0 Å². The first-order valence-electron chi connectivity index (χ1n) is 3.40. The Morgan fingerprint density at radius 2 is 1.73 bits per heavy atom. The Bertz CT molecular complexity index is 56.5. The molecule has 0 radical (unpaired) electrons. The predicted molar refractivity (Wildman–Crippen MR) is 45.2 cm³/mol. The second-order valence-corrected chi connectivity index (χ2v) is 2.89. The van der Waals surface area contributed by atoms with Gasteiger partial charge in [0.05, 0.1) is 0 Å². The van der Waals surface area contributed by atoms with E-state index in [4.69, 9.17) is 10.00 Å². The van der Waals surface area contributed by atoms with Gasteiger partial charge in [0, 0.05) is 20.8 Å². The predicted octanol–water partition coefficient (Wildman–Crippen LogP) is 1.28. The first kappa shape index (κ1) is 13.8. The number of unbranched alkanes of at least 4 members (excludes halogenated alkanes) is 1. The van der Waals surface area contributed by atoms with E-state index < -0.39 is 8.60 Å². The summed E-state index contributed by atoms with van der Waals surface area (Å²) in [6.45, 7) is 2.40. The molecule has 4 nitrogen and oxygen atoms in total. The molecule has 70 valence electrons. The molecular weight excluding hydrogens is 167 g/mol. The zero-order chi connectivity index (χ0) is 9.11. The van der Waals surface area contributed by atoms with Gasteiger partial charge in [0.2, 0.25) is 0 Å². The van der Waals surface area contributed by atoms with Crippen molar-refractivity contribution in [1.29, 1.82) is 0 Å². The highest BCUT2D eigenvalue weighted by Crippen LogP contribution is 2.28. The Kier molecular flexibility index (Phi) is 16.2. The third kappa shape index (κ3) is 17.9. The van der Waals surface area contributed by atoms with Crippen molar-refractivity contribution >= 4 is 8.60 Å². The molecule has 0 fully saturated rings. The van der Waals surface area contributed by atoms with Gasteiger partial charge in [-0.25, -0.2) is 0 Å². The summed E-state index contributed by atoms with van der Waals surface area (Å²) in [5.74, 6) is 0. The summed E-state index contributed by atoms with van der Waals surface area (Å²) < 4.78 is 8.59. The van der Waals surface area contributed by atoms with E-state index in [2.05, 4.69) is 16.0 Å². The van der Waals surface area contributed by atoms with Gasteiger partial charge in [0.1, 0.15) is 0 Å². The fraction of sp³-hybridized carbons (Fsp3) is 1.00. The lowest BCUT2D eigenvalue weighted by Crippen LogP contribution is -1.75. The quantitative estimate of drug-likeness (QED) is 0.646. The van der Waals surface area contributed by atoms with Crippen molar-refractivity contribution in [2.24, 2.45) is 0 Å². The van der Waals surface area contributed by atoms with Crippen LogP contribution in [0, 0.1) is 0 Å². The average molecular weight is 184 g/mol. The normalized spacial score (nSPS) is 9.27. The molecule has 0 aliphatic carbocycles. The maximum atomic E-state index is 8.29. The minimum Gasteiger partial charge on any atom is -0.396 e. The topological polar surface area (TPSA) is 58.9 Å². The van der Waals surface area contributed by atoms with Gasteiger partial charge in [0.25, 0.3) is 0 Å². The van der Waals surface area contributed by atoms with E-state index in [1.807, 2.05) is 0 Å². The Labute approximate surface area is 69.1 Å². The molecule has 0 rings (SSSR count). The largest absolute Gasteiger partial charge is 0.396 e. The minimum absolute atomic E-state index is 0.344. The van der Waals surface area contributed by atoms with Crippen molar-refractivity contribution in [3.63, 3.8) is 0 Å². The summed E-state index contributed by atoms with van der Waals surface area (Å²) in [5.41, 5.74) is 0. The number of aliphatic hydroxyl groups excluding tert-OH is 1. The fourth-order valence-electron chi connectivity index (χ4n) is 0.233. The Morgan fingerprint density at radius 3 is 1.73 bits per heavy atom. The van der Waals surface area contributed by atoms with E-state index in [9.17, 15) is 0 Å². The molecule has 5 heteroatoms. The Morgan fingerprint density at radius 1 is 1.27 bits per heavy atom. The maximum Gasteiger partial charge on any atom is 0.329 e. The third-order valence-electron chi connectivity index (χ3n) is 0.824. The summed E-state index contributed by atoms with van der Waals surface area (Å²) in [7, 11) is 1.19. The van der Waals surface area contributed by atoms with E-state index in [1.54, 1.807) is 0 Å². The monoisotopic (exact) mass is 184 g/mol. The van der Waals surface area contributed by atoms with Crippen LogP contribution < -0.4 is 0 Å². The lowest BCUT2D eigenvalue weighted by atomic mass is 10.4. The van der Waals surface area contributed by atoms with Crippen LogP contribution in [0.15, 0.2) is 0 Å². The summed E-state index contributed by atoms with van der Waals surface area (Å²) in [4.78, 5) is 8.29. The van der Waals surface area contributed by atoms with Crippen molar-refractivity contribution in [2.75, 3.05) is 20.8 Å². The first-order chi connectivity index (χ1) is 5.22. The highest BCUT2D eigenvalue weighted by atomic mass is 31.2. The molecule has 0 heterocycles. The summed E-state index contributed by atoms with van der Waals surface area (Å²) in [5, 5.41) is 8.07. The van der Waals surface area contributed by atoms with Gasteiger partial charge in [-0.15, -0.1) is 0 Å². The lowest BCUT2D eigenvalue weighted by molar-refractivity contribution is 0.271. The summed E-state index contributed by atoms with van der Waals surface area (Å²) in [6, 6.07) is 0. The van der Waals surface area contributed by atoms with E-state index in [1.165, 1.54) is 14.2 Å². The van der Waals surface area contributed by atoms with Crippen LogP contribution in [0.3, 0.4) is 0 Å². The molecule has 0 amide bonds. The molecule has 2 N–H and O–H groups in total. The molecular formula is C6H17O4P. The zero-order valence-corrected chi connectivity index (χ0v) is 8.17. The Hall–Kier alpha value is 0.270. The standard InChI is InChI=1S/C4H10O.C2H7O3P/c1-2-3-4-5;1-4-6(3)5-2/h5H,2-4H2,1H3;3H,1-2H3. The van der Waals surface area contributed by atoms with Crippen LogP contribution in [0.5, 0.6) is 0 Å². The van der Waals surface area contributed by atoms with Crippen LogP contribution in [-0.2, 0) is 9.05 Å². The van der Waals surface area contributed by atoms with Crippen LogP contribution in [0.2, 0.25) is 0 Å². The minimum atomic E-state index is -1.58. The van der Waals surface area contributed by atoms with Gasteiger partial charge in [-0.1, -0.05) is 13.3 Å². The molecule has 0 bridgehead atoms. The van der Waals surface area contributed by atoms with Crippen LogP contribution in [0.1, 0.15) is 19.8 Å². The molecule has 0 aromatic rings.